The minimum atomic E-state index is -0.419. The van der Waals surface area contributed by atoms with Gasteiger partial charge in [-0.3, -0.25) is 0 Å². The van der Waals surface area contributed by atoms with Gasteiger partial charge in [-0.15, -0.1) is 0 Å². The topological polar surface area (TPSA) is 59.3 Å². The number of nitrogens with zero attached hydrogens (tertiary/aromatic N) is 1. The maximum atomic E-state index is 12.3. The van der Waals surface area contributed by atoms with Crippen molar-refractivity contribution in [1.29, 1.82) is 5.26 Å². The fraction of sp³-hybridized carbons (Fsp3) is 0.130. The molecule has 3 rings (SSSR count). The van der Waals surface area contributed by atoms with Gasteiger partial charge in [-0.1, -0.05) is 24.3 Å². The fourth-order valence-corrected chi connectivity index (χ4v) is 2.56. The smallest absolute Gasteiger partial charge is 0.343 e. The van der Waals surface area contributed by atoms with Crippen molar-refractivity contribution >= 4 is 5.97 Å². The Morgan fingerprint density at radius 3 is 1.85 bits per heavy atom. The van der Waals surface area contributed by atoms with Crippen LogP contribution in [0.3, 0.4) is 0 Å². The zero-order chi connectivity index (χ0) is 19.2. The summed E-state index contributed by atoms with van der Waals surface area (Å²) in [6.45, 7) is 3.90. The van der Waals surface area contributed by atoms with Crippen molar-refractivity contribution < 1.29 is 14.3 Å². The van der Waals surface area contributed by atoms with Crippen LogP contribution < -0.4 is 9.47 Å². The molecule has 0 fully saturated rings. The van der Waals surface area contributed by atoms with E-state index in [4.69, 9.17) is 14.7 Å². The molecule has 0 heterocycles. The van der Waals surface area contributed by atoms with Gasteiger partial charge in [0.15, 0.2) is 0 Å². The van der Waals surface area contributed by atoms with Gasteiger partial charge in [0.2, 0.25) is 0 Å². The van der Waals surface area contributed by atoms with Crippen molar-refractivity contribution in [2.24, 2.45) is 0 Å². The van der Waals surface area contributed by atoms with E-state index in [1.807, 2.05) is 38.1 Å². The second kappa shape index (κ2) is 8.20. The zero-order valence-corrected chi connectivity index (χ0v) is 15.2. The highest BCUT2D eigenvalue weighted by Crippen LogP contribution is 2.23. The Hall–Kier alpha value is -3.58. The van der Waals surface area contributed by atoms with E-state index in [1.54, 1.807) is 48.5 Å². The highest BCUT2D eigenvalue weighted by atomic mass is 16.5. The average molecular weight is 357 g/mol. The van der Waals surface area contributed by atoms with Crippen molar-refractivity contribution in [2.75, 3.05) is 0 Å². The first-order valence-corrected chi connectivity index (χ1v) is 8.64. The summed E-state index contributed by atoms with van der Waals surface area (Å²) in [6, 6.07) is 23.6. The predicted octanol–water partition coefficient (Wildman–Crippen LogP) is 5.23. The molecule has 3 aromatic carbocycles. The molecule has 0 saturated heterocycles. The van der Waals surface area contributed by atoms with Crippen LogP contribution in [0.5, 0.6) is 11.5 Å². The molecule has 0 aromatic heterocycles. The Labute approximate surface area is 158 Å². The number of benzene rings is 3. The zero-order valence-electron chi connectivity index (χ0n) is 15.2. The summed E-state index contributed by atoms with van der Waals surface area (Å²) in [4.78, 5) is 12.3. The SMILES string of the molecule is CC(C)Oc1ccc(C(=O)Oc2ccc(-c3ccc(C#N)cc3)cc2)cc1. The minimum absolute atomic E-state index is 0.0809. The van der Waals surface area contributed by atoms with Gasteiger partial charge in [0.05, 0.1) is 23.3 Å². The van der Waals surface area contributed by atoms with E-state index in [-0.39, 0.29) is 6.10 Å². The normalized spacial score (nSPS) is 10.3. The summed E-state index contributed by atoms with van der Waals surface area (Å²) in [5.41, 5.74) is 3.05. The molecular formula is C23H19NO3. The van der Waals surface area contributed by atoms with E-state index in [9.17, 15) is 4.79 Å². The molecule has 27 heavy (non-hydrogen) atoms. The van der Waals surface area contributed by atoms with E-state index >= 15 is 0 Å². The maximum absolute atomic E-state index is 12.3. The molecule has 0 N–H and O–H groups in total. The van der Waals surface area contributed by atoms with Crippen LogP contribution in [0, 0.1) is 11.3 Å². The molecule has 4 nitrogen and oxygen atoms in total. The van der Waals surface area contributed by atoms with Crippen LogP contribution in [0.2, 0.25) is 0 Å². The van der Waals surface area contributed by atoms with Gasteiger partial charge in [-0.2, -0.15) is 5.26 Å². The summed E-state index contributed by atoms with van der Waals surface area (Å²) < 4.78 is 11.0. The van der Waals surface area contributed by atoms with Crippen molar-refractivity contribution in [1.82, 2.24) is 0 Å². The van der Waals surface area contributed by atoms with Gasteiger partial charge >= 0.3 is 5.97 Å². The summed E-state index contributed by atoms with van der Waals surface area (Å²) >= 11 is 0. The molecule has 4 heteroatoms. The van der Waals surface area contributed by atoms with Crippen LogP contribution in [0.15, 0.2) is 72.8 Å². The molecule has 0 saturated carbocycles. The van der Waals surface area contributed by atoms with Crippen molar-refractivity contribution in [3.05, 3.63) is 83.9 Å². The molecule has 0 aliphatic rings. The maximum Gasteiger partial charge on any atom is 0.343 e. The lowest BCUT2D eigenvalue weighted by molar-refractivity contribution is 0.0734. The predicted molar refractivity (Wildman–Crippen MR) is 104 cm³/mol. The summed E-state index contributed by atoms with van der Waals surface area (Å²) in [5, 5.41) is 8.86. The lowest BCUT2D eigenvalue weighted by Crippen LogP contribution is -2.09. The molecular weight excluding hydrogens is 338 g/mol. The van der Waals surface area contributed by atoms with Crippen LogP contribution in [-0.2, 0) is 0 Å². The molecule has 0 spiro atoms. The van der Waals surface area contributed by atoms with E-state index in [0.29, 0.717) is 22.6 Å². The van der Waals surface area contributed by atoms with Crippen molar-refractivity contribution in [2.45, 2.75) is 20.0 Å². The van der Waals surface area contributed by atoms with E-state index in [2.05, 4.69) is 6.07 Å². The highest BCUT2D eigenvalue weighted by molar-refractivity contribution is 5.91. The summed E-state index contributed by atoms with van der Waals surface area (Å²) in [5.74, 6) is 0.769. The Balaban J connectivity index is 1.66. The summed E-state index contributed by atoms with van der Waals surface area (Å²) in [6.07, 6.45) is 0.0809. The van der Waals surface area contributed by atoms with Gasteiger partial charge in [-0.05, 0) is 73.5 Å². The first-order chi connectivity index (χ1) is 13.0. The second-order valence-electron chi connectivity index (χ2n) is 6.29. The molecule has 3 aromatic rings. The van der Waals surface area contributed by atoms with E-state index in [0.717, 1.165) is 11.1 Å². The highest BCUT2D eigenvalue weighted by Gasteiger charge is 2.09. The number of rotatable bonds is 5. The number of esters is 1. The number of carbonyl (C=O) groups is 1. The van der Waals surface area contributed by atoms with Crippen LogP contribution >= 0.6 is 0 Å². The molecule has 0 aliphatic heterocycles. The van der Waals surface area contributed by atoms with Gasteiger partial charge in [0, 0.05) is 0 Å². The largest absolute Gasteiger partial charge is 0.491 e. The summed E-state index contributed by atoms with van der Waals surface area (Å²) in [7, 11) is 0. The van der Waals surface area contributed by atoms with E-state index in [1.165, 1.54) is 0 Å². The third kappa shape index (κ3) is 4.74. The quantitative estimate of drug-likeness (QED) is 0.463. The van der Waals surface area contributed by atoms with Gasteiger partial charge in [0.1, 0.15) is 11.5 Å². The van der Waals surface area contributed by atoms with Crippen molar-refractivity contribution in [3.8, 4) is 28.7 Å². The lowest BCUT2D eigenvalue weighted by Gasteiger charge is -2.10. The van der Waals surface area contributed by atoms with E-state index < -0.39 is 5.97 Å². The Kier molecular flexibility index (Phi) is 5.53. The molecule has 0 radical (unpaired) electrons. The first kappa shape index (κ1) is 18.2. The van der Waals surface area contributed by atoms with Crippen molar-refractivity contribution in [3.63, 3.8) is 0 Å². The monoisotopic (exact) mass is 357 g/mol. The molecule has 0 bridgehead atoms. The number of nitriles is 1. The first-order valence-electron chi connectivity index (χ1n) is 8.64. The standard InChI is InChI=1S/C23H19NO3/c1-16(2)26-21-13-9-20(10-14-21)23(25)27-22-11-7-19(8-12-22)18-5-3-17(15-24)4-6-18/h3-14,16H,1-2H3. The van der Waals surface area contributed by atoms with Crippen LogP contribution in [0.1, 0.15) is 29.8 Å². The van der Waals surface area contributed by atoms with Crippen LogP contribution in [-0.4, -0.2) is 12.1 Å². The molecule has 0 unspecified atom stereocenters. The number of carbonyl (C=O) groups excluding carboxylic acids is 1. The van der Waals surface area contributed by atoms with Gasteiger partial charge < -0.3 is 9.47 Å². The van der Waals surface area contributed by atoms with Gasteiger partial charge in [-0.25, -0.2) is 4.79 Å². The fourth-order valence-electron chi connectivity index (χ4n) is 2.56. The Morgan fingerprint density at radius 1 is 0.815 bits per heavy atom. The number of ether oxygens (including phenoxy) is 2. The Bertz CT molecular complexity index is 951. The Morgan fingerprint density at radius 2 is 1.33 bits per heavy atom. The molecule has 0 atom stereocenters. The molecule has 0 aliphatic carbocycles. The lowest BCUT2D eigenvalue weighted by atomic mass is 10.0. The second-order valence-corrected chi connectivity index (χ2v) is 6.29. The van der Waals surface area contributed by atoms with Gasteiger partial charge in [0.25, 0.3) is 0 Å². The molecule has 134 valence electrons. The van der Waals surface area contributed by atoms with Crippen LogP contribution in [0.4, 0.5) is 0 Å². The minimum Gasteiger partial charge on any atom is -0.491 e. The third-order valence-electron chi connectivity index (χ3n) is 3.87. The average Bonchev–Trinajstić information content (AvgIpc) is 2.69. The third-order valence-corrected chi connectivity index (χ3v) is 3.87. The van der Waals surface area contributed by atoms with Crippen LogP contribution in [0.25, 0.3) is 11.1 Å². The number of hydrogen-bond acceptors (Lipinski definition) is 4. The number of hydrogen-bond donors (Lipinski definition) is 0. The molecule has 0 amide bonds.